The first-order valence-electron chi connectivity index (χ1n) is 7.64. The molecule has 1 amide bonds. The lowest BCUT2D eigenvalue weighted by molar-refractivity contribution is -0.000290. The minimum Gasteiger partial charge on any atom is -0.376 e. The summed E-state index contributed by atoms with van der Waals surface area (Å²) in [6, 6.07) is 8.99. The van der Waals surface area contributed by atoms with Crippen molar-refractivity contribution in [2.45, 2.75) is 25.4 Å². The Balaban J connectivity index is 1.80. The summed E-state index contributed by atoms with van der Waals surface area (Å²) in [6.07, 6.45) is 3.30. The Morgan fingerprint density at radius 1 is 1.36 bits per heavy atom. The highest BCUT2D eigenvalue weighted by Gasteiger charge is 2.20. The summed E-state index contributed by atoms with van der Waals surface area (Å²) in [7, 11) is 1.74. The number of amides is 1. The predicted octanol–water partition coefficient (Wildman–Crippen LogP) is 2.17. The average molecular weight is 300 g/mol. The van der Waals surface area contributed by atoms with Crippen LogP contribution in [0.2, 0.25) is 0 Å². The van der Waals surface area contributed by atoms with Gasteiger partial charge in [-0.05, 0) is 36.8 Å². The van der Waals surface area contributed by atoms with Crippen LogP contribution in [0.15, 0.2) is 35.1 Å². The van der Waals surface area contributed by atoms with Crippen LogP contribution in [0.3, 0.4) is 0 Å². The maximum atomic E-state index is 12.5. The number of benzene rings is 1. The number of ether oxygens (including phenoxy) is 1. The number of likely N-dealkylation sites (N-methyl/N-ethyl adjacent to an activating group) is 1. The summed E-state index contributed by atoms with van der Waals surface area (Å²) in [6.45, 7) is 1.31. The largest absolute Gasteiger partial charge is 0.376 e. The first-order chi connectivity index (χ1) is 10.6. The van der Waals surface area contributed by atoms with E-state index in [1.807, 2.05) is 18.2 Å². The molecule has 0 bridgehead atoms. The van der Waals surface area contributed by atoms with E-state index in [0.29, 0.717) is 17.6 Å². The van der Waals surface area contributed by atoms with Crippen molar-refractivity contribution in [3.8, 4) is 0 Å². The van der Waals surface area contributed by atoms with Crippen LogP contribution in [-0.2, 0) is 4.74 Å². The fraction of sp³-hybridized carbons (Fsp3) is 0.412. The summed E-state index contributed by atoms with van der Waals surface area (Å²) in [4.78, 5) is 28.9. The molecular formula is C17H20N2O3. The molecule has 0 unspecified atom stereocenters. The van der Waals surface area contributed by atoms with Gasteiger partial charge in [0.25, 0.3) is 11.5 Å². The molecule has 22 heavy (non-hydrogen) atoms. The number of fused-ring (bicyclic) bond motifs is 1. The second-order valence-electron chi connectivity index (χ2n) is 5.77. The number of aromatic amines is 1. The van der Waals surface area contributed by atoms with E-state index in [9.17, 15) is 9.59 Å². The van der Waals surface area contributed by atoms with Gasteiger partial charge in [-0.3, -0.25) is 9.59 Å². The summed E-state index contributed by atoms with van der Waals surface area (Å²) in [5.74, 6) is -0.183. The molecule has 3 rings (SSSR count). The molecule has 0 saturated carbocycles. The number of hydrogen-bond acceptors (Lipinski definition) is 3. The van der Waals surface area contributed by atoms with Gasteiger partial charge in [-0.1, -0.05) is 18.2 Å². The fourth-order valence-corrected chi connectivity index (χ4v) is 2.87. The summed E-state index contributed by atoms with van der Waals surface area (Å²) >= 11 is 0. The number of rotatable bonds is 3. The highest BCUT2D eigenvalue weighted by atomic mass is 16.5. The lowest BCUT2D eigenvalue weighted by Crippen LogP contribution is -2.37. The van der Waals surface area contributed by atoms with Gasteiger partial charge in [-0.25, -0.2) is 0 Å². The van der Waals surface area contributed by atoms with Gasteiger partial charge in [0.15, 0.2) is 0 Å². The lowest BCUT2D eigenvalue weighted by atomic mass is 10.1. The summed E-state index contributed by atoms with van der Waals surface area (Å²) < 4.78 is 5.66. The van der Waals surface area contributed by atoms with Crippen LogP contribution in [0.25, 0.3) is 10.8 Å². The Hall–Kier alpha value is -2.14. The third kappa shape index (κ3) is 3.04. The van der Waals surface area contributed by atoms with Crippen molar-refractivity contribution in [1.29, 1.82) is 0 Å². The van der Waals surface area contributed by atoms with E-state index in [0.717, 1.165) is 31.3 Å². The molecule has 0 radical (unpaired) electrons. The molecule has 116 valence electrons. The van der Waals surface area contributed by atoms with Crippen LogP contribution in [0.4, 0.5) is 0 Å². The third-order valence-corrected chi connectivity index (χ3v) is 4.08. The number of nitrogens with one attached hydrogen (secondary N) is 1. The van der Waals surface area contributed by atoms with Crippen LogP contribution in [0.1, 0.15) is 29.8 Å². The van der Waals surface area contributed by atoms with Crippen LogP contribution in [0, 0.1) is 0 Å². The highest BCUT2D eigenvalue weighted by Crippen LogP contribution is 2.15. The molecule has 1 fully saturated rings. The maximum absolute atomic E-state index is 12.5. The van der Waals surface area contributed by atoms with Crippen molar-refractivity contribution in [2.75, 3.05) is 20.2 Å². The number of hydrogen-bond donors (Lipinski definition) is 1. The van der Waals surface area contributed by atoms with Gasteiger partial charge in [0.1, 0.15) is 5.69 Å². The van der Waals surface area contributed by atoms with Crippen molar-refractivity contribution < 1.29 is 9.53 Å². The Morgan fingerprint density at radius 3 is 2.95 bits per heavy atom. The SMILES string of the molecule is CN(C[C@@H]1CCCCO1)C(=O)c1cc2ccccc2c(=O)[nH]1. The normalized spacial score (nSPS) is 18.3. The molecule has 1 aromatic heterocycles. The highest BCUT2D eigenvalue weighted by molar-refractivity contribution is 5.96. The molecule has 1 aliphatic rings. The Kier molecular flexibility index (Phi) is 4.24. The molecule has 1 atom stereocenters. The monoisotopic (exact) mass is 300 g/mol. The second kappa shape index (κ2) is 6.32. The standard InChI is InChI=1S/C17H20N2O3/c1-19(11-13-7-4-5-9-22-13)17(21)15-10-12-6-2-3-8-14(12)16(20)18-15/h2-3,6,8,10,13H,4-5,7,9,11H2,1H3,(H,18,20)/t13-/m0/s1. The average Bonchev–Trinajstić information content (AvgIpc) is 2.55. The van der Waals surface area contributed by atoms with Gasteiger partial charge in [0.05, 0.1) is 6.10 Å². The van der Waals surface area contributed by atoms with E-state index in [1.165, 1.54) is 0 Å². The van der Waals surface area contributed by atoms with E-state index in [1.54, 1.807) is 24.1 Å². The minimum absolute atomic E-state index is 0.0925. The number of carbonyl (C=O) groups is 1. The first kappa shape index (κ1) is 14.8. The molecule has 2 heterocycles. The summed E-state index contributed by atoms with van der Waals surface area (Å²) in [5, 5.41) is 1.37. The van der Waals surface area contributed by atoms with Gasteiger partial charge >= 0.3 is 0 Å². The van der Waals surface area contributed by atoms with Crippen LogP contribution < -0.4 is 5.56 Å². The van der Waals surface area contributed by atoms with Gasteiger partial charge in [-0.2, -0.15) is 0 Å². The predicted molar refractivity (Wildman–Crippen MR) is 85.1 cm³/mol. The molecule has 0 spiro atoms. The Labute approximate surface area is 128 Å². The van der Waals surface area contributed by atoms with Crippen molar-refractivity contribution in [3.05, 3.63) is 46.4 Å². The molecule has 1 aliphatic heterocycles. The Bertz CT molecular complexity index is 732. The summed E-state index contributed by atoms with van der Waals surface area (Å²) in [5.41, 5.74) is 0.0887. The molecule has 2 aromatic rings. The van der Waals surface area contributed by atoms with Gasteiger partial charge in [0.2, 0.25) is 0 Å². The van der Waals surface area contributed by atoms with Crippen LogP contribution in [0.5, 0.6) is 0 Å². The molecule has 1 N–H and O–H groups in total. The second-order valence-corrected chi connectivity index (χ2v) is 5.77. The van der Waals surface area contributed by atoms with Gasteiger partial charge in [0, 0.05) is 25.6 Å². The number of H-pyrrole nitrogens is 1. The maximum Gasteiger partial charge on any atom is 0.270 e. The van der Waals surface area contributed by atoms with E-state index in [2.05, 4.69) is 4.98 Å². The van der Waals surface area contributed by atoms with Crippen molar-refractivity contribution >= 4 is 16.7 Å². The quantitative estimate of drug-likeness (QED) is 0.945. The fourth-order valence-electron chi connectivity index (χ4n) is 2.87. The minimum atomic E-state index is -0.233. The zero-order chi connectivity index (χ0) is 15.5. The molecule has 1 aromatic carbocycles. The molecular weight excluding hydrogens is 280 g/mol. The molecule has 5 nitrogen and oxygen atoms in total. The number of carbonyl (C=O) groups excluding carboxylic acids is 1. The molecule has 1 saturated heterocycles. The van der Waals surface area contributed by atoms with E-state index in [-0.39, 0.29) is 17.6 Å². The zero-order valence-corrected chi connectivity index (χ0v) is 12.7. The molecule has 0 aliphatic carbocycles. The van der Waals surface area contributed by atoms with E-state index in [4.69, 9.17) is 4.74 Å². The Morgan fingerprint density at radius 2 is 2.18 bits per heavy atom. The number of aromatic nitrogens is 1. The topological polar surface area (TPSA) is 62.4 Å². The first-order valence-corrected chi connectivity index (χ1v) is 7.64. The van der Waals surface area contributed by atoms with Gasteiger partial charge in [-0.15, -0.1) is 0 Å². The number of nitrogens with zero attached hydrogens (tertiary/aromatic N) is 1. The number of pyridine rings is 1. The van der Waals surface area contributed by atoms with Crippen LogP contribution in [-0.4, -0.2) is 42.1 Å². The third-order valence-electron chi connectivity index (χ3n) is 4.08. The molecule has 5 heteroatoms. The van der Waals surface area contributed by atoms with Gasteiger partial charge < -0.3 is 14.6 Å². The smallest absolute Gasteiger partial charge is 0.270 e. The van der Waals surface area contributed by atoms with E-state index >= 15 is 0 Å². The van der Waals surface area contributed by atoms with Crippen molar-refractivity contribution in [2.24, 2.45) is 0 Å². The van der Waals surface area contributed by atoms with Crippen molar-refractivity contribution in [3.63, 3.8) is 0 Å². The van der Waals surface area contributed by atoms with E-state index < -0.39 is 0 Å². The lowest BCUT2D eigenvalue weighted by Gasteiger charge is -2.27. The van der Waals surface area contributed by atoms with Crippen LogP contribution >= 0.6 is 0 Å². The van der Waals surface area contributed by atoms with Crippen molar-refractivity contribution in [1.82, 2.24) is 9.88 Å². The zero-order valence-electron chi connectivity index (χ0n) is 12.7.